The Morgan fingerprint density at radius 3 is 1.00 bits per heavy atom. The van der Waals surface area contributed by atoms with Crippen molar-refractivity contribution in [2.75, 3.05) is 0 Å². The van der Waals surface area contributed by atoms with E-state index in [4.69, 9.17) is 46.4 Å². The molecule has 0 fully saturated rings. The van der Waals surface area contributed by atoms with Crippen molar-refractivity contribution >= 4 is 107 Å². The molecule has 4 aromatic carbocycles. The largest absolute Gasteiger partial charge is 0.269 e. The fraction of sp³-hybridized carbons (Fsp3) is 0. The SMILES string of the molecule is O=C(C=Cc1ccc(Cl)cc1)NS(=O)(=O)C=Cc1ccc(Cl)cc1.O=S(=O)(C=Cc1ccc(Cl)cc1)NS(=O)(=O)C=Cc1ccc(Cl)cc1. The molecule has 16 heteroatoms. The predicted octanol–water partition coefficient (Wildman–Crippen LogP) is 8.01. The van der Waals surface area contributed by atoms with Crippen LogP contribution in [0.1, 0.15) is 22.3 Å². The summed E-state index contributed by atoms with van der Waals surface area (Å²) in [5.41, 5.74) is 2.49. The third kappa shape index (κ3) is 16.0. The highest BCUT2D eigenvalue weighted by Gasteiger charge is 2.15. The number of carbonyl (C=O) groups is 1. The first-order valence-corrected chi connectivity index (χ1v) is 19.7. The maximum absolute atomic E-state index is 11.9. The van der Waals surface area contributed by atoms with Crippen molar-refractivity contribution in [3.8, 4) is 0 Å². The van der Waals surface area contributed by atoms with Gasteiger partial charge in [-0.3, -0.25) is 4.79 Å². The van der Waals surface area contributed by atoms with Crippen LogP contribution in [0.3, 0.4) is 0 Å². The van der Waals surface area contributed by atoms with Gasteiger partial charge in [-0.25, -0.2) is 30.0 Å². The van der Waals surface area contributed by atoms with Crippen LogP contribution in [0.4, 0.5) is 0 Å². The molecule has 49 heavy (non-hydrogen) atoms. The summed E-state index contributed by atoms with van der Waals surface area (Å²) in [5, 5.41) is 4.60. The van der Waals surface area contributed by atoms with Crippen LogP contribution in [0.5, 0.6) is 0 Å². The number of hydrogen-bond acceptors (Lipinski definition) is 7. The number of halogens is 4. The van der Waals surface area contributed by atoms with E-state index in [0.29, 0.717) is 36.8 Å². The molecule has 0 radical (unpaired) electrons. The first-order chi connectivity index (χ1) is 23.0. The molecule has 0 saturated carbocycles. The summed E-state index contributed by atoms with van der Waals surface area (Å²) in [5.74, 6) is -0.745. The molecule has 0 aliphatic heterocycles. The fourth-order valence-electron chi connectivity index (χ4n) is 3.40. The predicted molar refractivity (Wildman–Crippen MR) is 200 cm³/mol. The molecule has 0 bridgehead atoms. The van der Waals surface area contributed by atoms with Crippen molar-refractivity contribution in [3.63, 3.8) is 0 Å². The van der Waals surface area contributed by atoms with Crippen LogP contribution in [-0.4, -0.2) is 31.2 Å². The van der Waals surface area contributed by atoms with Gasteiger partial charge in [0.05, 0.1) is 5.41 Å². The molecular formula is C33H26Cl4N2O7S3. The van der Waals surface area contributed by atoms with E-state index in [1.165, 1.54) is 24.3 Å². The van der Waals surface area contributed by atoms with E-state index in [9.17, 15) is 30.0 Å². The standard InChI is InChI=1S/C17H13Cl2NO3S.C16H13Cl2NO4S2/c18-15-6-1-13(2-7-15)5-10-17(21)20-24(22,23)12-11-14-3-8-16(19)9-4-14;17-15-5-1-13(2-6-15)9-11-24(20,21)19-25(22,23)12-10-14-3-7-16(18)8-4-14/h1-12H,(H,20,21);1-12,19H. The molecule has 4 aromatic rings. The fourth-order valence-corrected chi connectivity index (χ4v) is 7.07. The van der Waals surface area contributed by atoms with Gasteiger partial charge in [0.2, 0.25) is 20.0 Å². The minimum absolute atomic E-state index is 0.507. The van der Waals surface area contributed by atoms with E-state index in [2.05, 4.69) is 0 Å². The normalized spacial score (nSPS) is 12.4. The number of amides is 1. The van der Waals surface area contributed by atoms with E-state index in [0.717, 1.165) is 27.9 Å². The van der Waals surface area contributed by atoms with Crippen molar-refractivity contribution < 1.29 is 30.0 Å². The van der Waals surface area contributed by atoms with Gasteiger partial charge in [0.25, 0.3) is 15.9 Å². The molecule has 0 saturated heterocycles. The summed E-state index contributed by atoms with van der Waals surface area (Å²) in [6.07, 6.45) is 6.52. The topological polar surface area (TPSA) is 144 Å². The lowest BCUT2D eigenvalue weighted by Gasteiger charge is -2.01. The Labute approximate surface area is 305 Å². The molecule has 2 N–H and O–H groups in total. The lowest BCUT2D eigenvalue weighted by molar-refractivity contribution is -0.114. The molecule has 0 unspecified atom stereocenters. The summed E-state index contributed by atoms with van der Waals surface area (Å²) < 4.78 is 74.8. The van der Waals surface area contributed by atoms with E-state index in [-0.39, 0.29) is 0 Å². The molecule has 0 aliphatic rings. The average Bonchev–Trinajstić information content (AvgIpc) is 3.03. The zero-order valence-corrected chi connectivity index (χ0v) is 30.4. The van der Waals surface area contributed by atoms with Gasteiger partial charge in [-0.1, -0.05) is 94.9 Å². The molecule has 0 atom stereocenters. The van der Waals surface area contributed by atoms with Gasteiger partial charge in [-0.05, 0) is 95.1 Å². The van der Waals surface area contributed by atoms with Gasteiger partial charge in [0.15, 0.2) is 0 Å². The van der Waals surface area contributed by atoms with Crippen LogP contribution < -0.4 is 8.85 Å². The number of nitrogens with one attached hydrogen (secondary N) is 2. The summed E-state index contributed by atoms with van der Waals surface area (Å²) >= 11 is 23.0. The Morgan fingerprint density at radius 1 is 0.429 bits per heavy atom. The molecular weight excluding hydrogens is 774 g/mol. The van der Waals surface area contributed by atoms with Crippen LogP contribution in [-0.2, 0) is 34.9 Å². The highest BCUT2D eigenvalue weighted by Crippen LogP contribution is 2.14. The van der Waals surface area contributed by atoms with Gasteiger partial charge >= 0.3 is 0 Å². The number of hydrogen-bond donors (Lipinski definition) is 2. The van der Waals surface area contributed by atoms with Crippen molar-refractivity contribution in [2.45, 2.75) is 0 Å². The van der Waals surface area contributed by atoms with Crippen molar-refractivity contribution in [3.05, 3.63) is 162 Å². The third-order valence-corrected chi connectivity index (χ3v) is 10.5. The summed E-state index contributed by atoms with van der Waals surface area (Å²) in [7, 11) is -12.3. The van der Waals surface area contributed by atoms with Crippen molar-refractivity contribution in [2.24, 2.45) is 0 Å². The van der Waals surface area contributed by atoms with Crippen LogP contribution >= 0.6 is 46.4 Å². The lowest BCUT2D eigenvalue weighted by Crippen LogP contribution is -2.26. The van der Waals surface area contributed by atoms with Crippen molar-refractivity contribution in [1.82, 2.24) is 8.85 Å². The minimum atomic E-state index is -4.18. The zero-order chi connectivity index (χ0) is 36.1. The quantitative estimate of drug-likeness (QED) is 0.146. The highest BCUT2D eigenvalue weighted by molar-refractivity contribution is 8.07. The average molecular weight is 801 g/mol. The third-order valence-electron chi connectivity index (χ3n) is 5.70. The number of benzene rings is 4. The monoisotopic (exact) mass is 798 g/mol. The lowest BCUT2D eigenvalue weighted by atomic mass is 10.2. The first-order valence-electron chi connectivity index (χ1n) is 13.6. The molecule has 1 amide bonds. The van der Waals surface area contributed by atoms with Crippen molar-refractivity contribution in [1.29, 1.82) is 0 Å². The Morgan fingerprint density at radius 2 is 0.694 bits per heavy atom. The maximum atomic E-state index is 11.9. The first kappa shape index (κ1) is 39.7. The smallest absolute Gasteiger partial charge is 0.257 e. The molecule has 0 aromatic heterocycles. The second-order valence-electron chi connectivity index (χ2n) is 9.63. The molecule has 0 spiro atoms. The van der Waals surface area contributed by atoms with Crippen LogP contribution in [0.2, 0.25) is 20.1 Å². The zero-order valence-electron chi connectivity index (χ0n) is 25.0. The second-order valence-corrected chi connectivity index (χ2v) is 16.3. The Hall–Kier alpha value is -3.72. The van der Waals surface area contributed by atoms with Gasteiger partial charge in [0.1, 0.15) is 0 Å². The number of rotatable bonds is 11. The summed E-state index contributed by atoms with van der Waals surface area (Å²) in [6, 6.07) is 26.1. The maximum Gasteiger partial charge on any atom is 0.257 e. The van der Waals surface area contributed by atoms with Gasteiger partial charge < -0.3 is 0 Å². The molecule has 9 nitrogen and oxygen atoms in total. The number of carbonyl (C=O) groups excluding carboxylic acids is 1. The molecule has 0 aliphatic carbocycles. The Kier molecular flexibility index (Phi) is 14.9. The Bertz CT molecular complexity index is 2100. The molecule has 0 heterocycles. The van der Waals surface area contributed by atoms with Gasteiger partial charge in [0, 0.05) is 37.0 Å². The number of sulfonamides is 3. The molecule has 256 valence electrons. The van der Waals surface area contributed by atoms with Crippen LogP contribution in [0, 0.1) is 0 Å². The van der Waals surface area contributed by atoms with Crippen LogP contribution in [0.15, 0.2) is 119 Å². The van der Waals surface area contributed by atoms with E-state index in [1.54, 1.807) is 101 Å². The highest BCUT2D eigenvalue weighted by atomic mass is 35.5. The molecule has 4 rings (SSSR count). The van der Waals surface area contributed by atoms with Gasteiger partial charge in [-0.15, -0.1) is 4.13 Å². The minimum Gasteiger partial charge on any atom is -0.269 e. The summed E-state index contributed by atoms with van der Waals surface area (Å²) in [4.78, 5) is 11.7. The Balaban J connectivity index is 0.000000266. The second kappa shape index (κ2) is 18.3. The van der Waals surface area contributed by atoms with E-state index in [1.807, 2.05) is 4.72 Å². The van der Waals surface area contributed by atoms with Gasteiger partial charge in [-0.2, -0.15) is 0 Å². The van der Waals surface area contributed by atoms with E-state index >= 15 is 0 Å². The van der Waals surface area contributed by atoms with Crippen LogP contribution in [0.25, 0.3) is 24.3 Å². The summed E-state index contributed by atoms with van der Waals surface area (Å²) in [6.45, 7) is 0. The van der Waals surface area contributed by atoms with E-state index < -0.39 is 36.0 Å².